The van der Waals surface area contributed by atoms with Crippen LogP contribution in [0, 0.1) is 0 Å². The summed E-state index contributed by atoms with van der Waals surface area (Å²) >= 11 is 5.02. The Labute approximate surface area is 90.0 Å². The number of benzene rings is 1. The maximum Gasteiger partial charge on any atom is 0.176 e. The van der Waals surface area contributed by atoms with E-state index in [1.165, 1.54) is 0 Å². The lowest BCUT2D eigenvalue weighted by molar-refractivity contribution is 0.100. The molecule has 1 rings (SSSR count). The molecule has 0 amide bonds. The van der Waals surface area contributed by atoms with Gasteiger partial charge in [0.15, 0.2) is 5.78 Å². The van der Waals surface area contributed by atoms with Gasteiger partial charge in [0.25, 0.3) is 0 Å². The van der Waals surface area contributed by atoms with Gasteiger partial charge in [0.1, 0.15) is 0 Å². The van der Waals surface area contributed by atoms with Gasteiger partial charge in [-0.05, 0) is 34.3 Å². The third-order valence-corrected chi connectivity index (χ3v) is 3.37. The van der Waals surface area contributed by atoms with Crippen LogP contribution < -0.4 is 5.73 Å². The van der Waals surface area contributed by atoms with E-state index in [1.807, 2.05) is 12.3 Å². The number of halogens is 1. The molecule has 0 aromatic heterocycles. The number of Topliss-reactive ketones (excluding diaryl/α,β-unsaturated/α-hetero) is 1. The van der Waals surface area contributed by atoms with Crippen LogP contribution in [0.5, 0.6) is 0 Å². The quantitative estimate of drug-likeness (QED) is 0.670. The summed E-state index contributed by atoms with van der Waals surface area (Å²) in [4.78, 5) is 12.3. The number of rotatable bonds is 3. The molecule has 70 valence electrons. The van der Waals surface area contributed by atoms with Crippen LogP contribution in [0.4, 0.5) is 0 Å². The number of nitrogens with two attached hydrogens (primary N) is 1. The minimum absolute atomic E-state index is 0.0339. The van der Waals surface area contributed by atoms with Crippen molar-refractivity contribution >= 4 is 33.5 Å². The molecule has 0 aliphatic heterocycles. The summed E-state index contributed by atoms with van der Waals surface area (Å²) in [6.07, 6.45) is 1.99. The van der Waals surface area contributed by atoms with E-state index in [4.69, 9.17) is 5.73 Å². The molecule has 13 heavy (non-hydrogen) atoms. The predicted molar refractivity (Wildman–Crippen MR) is 59.3 cm³/mol. The van der Waals surface area contributed by atoms with Gasteiger partial charge in [-0.3, -0.25) is 4.79 Å². The molecule has 0 saturated heterocycles. The SMILES string of the molecule is CSc1ccc(C(=O)CN)cc1Br. The van der Waals surface area contributed by atoms with Gasteiger partial charge in [-0.15, -0.1) is 11.8 Å². The van der Waals surface area contributed by atoms with Crippen molar-refractivity contribution in [1.29, 1.82) is 0 Å². The Hall–Kier alpha value is -0.320. The van der Waals surface area contributed by atoms with Gasteiger partial charge in [0.05, 0.1) is 6.54 Å². The summed E-state index contributed by atoms with van der Waals surface area (Å²) in [7, 11) is 0. The Morgan fingerprint density at radius 1 is 1.62 bits per heavy atom. The monoisotopic (exact) mass is 259 g/mol. The van der Waals surface area contributed by atoms with Crippen LogP contribution in [0.2, 0.25) is 0 Å². The van der Waals surface area contributed by atoms with E-state index < -0.39 is 0 Å². The Morgan fingerprint density at radius 2 is 2.31 bits per heavy atom. The lowest BCUT2D eigenvalue weighted by Gasteiger charge is -2.02. The Kier molecular flexibility index (Phi) is 3.96. The summed E-state index contributed by atoms with van der Waals surface area (Å²) < 4.78 is 0.944. The number of thioether (sulfide) groups is 1. The highest BCUT2D eigenvalue weighted by molar-refractivity contribution is 9.10. The molecular weight excluding hydrogens is 250 g/mol. The number of carbonyl (C=O) groups is 1. The molecule has 2 N–H and O–H groups in total. The van der Waals surface area contributed by atoms with Gasteiger partial charge in [-0.1, -0.05) is 6.07 Å². The highest BCUT2D eigenvalue weighted by Crippen LogP contribution is 2.26. The molecular formula is C9H10BrNOS. The van der Waals surface area contributed by atoms with Crippen LogP contribution in [0.15, 0.2) is 27.6 Å². The van der Waals surface area contributed by atoms with E-state index >= 15 is 0 Å². The topological polar surface area (TPSA) is 43.1 Å². The maximum absolute atomic E-state index is 11.2. The lowest BCUT2D eigenvalue weighted by atomic mass is 10.1. The number of hydrogen-bond donors (Lipinski definition) is 1. The zero-order chi connectivity index (χ0) is 9.84. The molecule has 4 heteroatoms. The van der Waals surface area contributed by atoms with Crippen molar-refractivity contribution < 1.29 is 4.79 Å². The van der Waals surface area contributed by atoms with Crippen LogP contribution in [-0.2, 0) is 0 Å². The first kappa shape index (κ1) is 10.8. The van der Waals surface area contributed by atoms with Crippen LogP contribution >= 0.6 is 27.7 Å². The van der Waals surface area contributed by atoms with Crippen molar-refractivity contribution in [3.8, 4) is 0 Å². The third-order valence-electron chi connectivity index (χ3n) is 1.66. The molecule has 0 spiro atoms. The van der Waals surface area contributed by atoms with Crippen molar-refractivity contribution in [3.05, 3.63) is 28.2 Å². The van der Waals surface area contributed by atoms with Gasteiger partial charge < -0.3 is 5.73 Å². The van der Waals surface area contributed by atoms with Gasteiger partial charge in [-0.2, -0.15) is 0 Å². The zero-order valence-electron chi connectivity index (χ0n) is 7.21. The normalized spacial score (nSPS) is 10.1. The van der Waals surface area contributed by atoms with E-state index in [0.717, 1.165) is 9.37 Å². The second-order valence-corrected chi connectivity index (χ2v) is 4.18. The summed E-state index contributed by atoms with van der Waals surface area (Å²) in [5.74, 6) is -0.0339. The molecule has 0 unspecified atom stereocenters. The molecule has 0 aliphatic carbocycles. The van der Waals surface area contributed by atoms with Gasteiger partial charge >= 0.3 is 0 Å². The Bertz CT molecular complexity index is 327. The van der Waals surface area contributed by atoms with Gasteiger partial charge in [0, 0.05) is 14.9 Å². The zero-order valence-corrected chi connectivity index (χ0v) is 9.61. The first-order chi connectivity index (χ1) is 6.19. The molecule has 0 saturated carbocycles. The highest BCUT2D eigenvalue weighted by Gasteiger charge is 2.05. The third kappa shape index (κ3) is 2.56. The second-order valence-electron chi connectivity index (χ2n) is 2.48. The fraction of sp³-hybridized carbons (Fsp3) is 0.222. The highest BCUT2D eigenvalue weighted by atomic mass is 79.9. The van der Waals surface area contributed by atoms with Crippen LogP contribution in [0.1, 0.15) is 10.4 Å². The van der Waals surface area contributed by atoms with Crippen molar-refractivity contribution in [1.82, 2.24) is 0 Å². The summed E-state index contributed by atoms with van der Waals surface area (Å²) in [5.41, 5.74) is 5.91. The molecule has 0 atom stereocenters. The van der Waals surface area contributed by atoms with E-state index in [-0.39, 0.29) is 12.3 Å². The minimum Gasteiger partial charge on any atom is -0.324 e. The van der Waals surface area contributed by atoms with E-state index in [9.17, 15) is 4.79 Å². The fourth-order valence-electron chi connectivity index (χ4n) is 0.958. The molecule has 2 nitrogen and oxygen atoms in total. The molecule has 0 radical (unpaired) electrons. The van der Waals surface area contributed by atoms with E-state index in [0.29, 0.717) is 5.56 Å². The fourth-order valence-corrected chi connectivity index (χ4v) is 2.28. The lowest BCUT2D eigenvalue weighted by Crippen LogP contribution is -2.13. The molecule has 1 aromatic carbocycles. The molecule has 0 fully saturated rings. The number of carbonyl (C=O) groups excluding carboxylic acids is 1. The predicted octanol–water partition coefficient (Wildman–Crippen LogP) is 2.31. The van der Waals surface area contributed by atoms with Crippen molar-refractivity contribution in [2.24, 2.45) is 5.73 Å². The first-order valence-corrected chi connectivity index (χ1v) is 5.77. The van der Waals surface area contributed by atoms with E-state index in [1.54, 1.807) is 23.9 Å². The maximum atomic E-state index is 11.2. The minimum atomic E-state index is -0.0339. The van der Waals surface area contributed by atoms with Crippen LogP contribution in [0.25, 0.3) is 0 Å². The standard InChI is InChI=1S/C9H10BrNOS/c1-13-9-3-2-6(4-7(9)10)8(12)5-11/h2-4H,5,11H2,1H3. The Balaban J connectivity index is 3.02. The van der Waals surface area contributed by atoms with Crippen molar-refractivity contribution in [2.75, 3.05) is 12.8 Å². The first-order valence-electron chi connectivity index (χ1n) is 3.76. The summed E-state index contributed by atoms with van der Waals surface area (Å²) in [6.45, 7) is 0.0606. The number of ketones is 1. The van der Waals surface area contributed by atoms with Crippen LogP contribution in [-0.4, -0.2) is 18.6 Å². The molecule has 1 aromatic rings. The molecule has 0 aliphatic rings. The summed E-state index contributed by atoms with van der Waals surface area (Å²) in [6, 6.07) is 5.52. The Morgan fingerprint density at radius 3 is 2.77 bits per heavy atom. The van der Waals surface area contributed by atoms with Crippen LogP contribution in [0.3, 0.4) is 0 Å². The molecule has 0 bridgehead atoms. The van der Waals surface area contributed by atoms with Crippen molar-refractivity contribution in [2.45, 2.75) is 4.90 Å². The van der Waals surface area contributed by atoms with Gasteiger partial charge in [-0.25, -0.2) is 0 Å². The average Bonchev–Trinajstić information content (AvgIpc) is 2.16. The van der Waals surface area contributed by atoms with Crippen molar-refractivity contribution in [3.63, 3.8) is 0 Å². The smallest absolute Gasteiger partial charge is 0.176 e. The summed E-state index contributed by atoms with van der Waals surface area (Å²) in [5, 5.41) is 0. The van der Waals surface area contributed by atoms with E-state index in [2.05, 4.69) is 15.9 Å². The van der Waals surface area contributed by atoms with Gasteiger partial charge in [0.2, 0.25) is 0 Å². The molecule has 0 heterocycles. The average molecular weight is 260 g/mol. The largest absolute Gasteiger partial charge is 0.324 e. The number of hydrogen-bond acceptors (Lipinski definition) is 3. The second kappa shape index (κ2) is 4.79.